The molecule has 0 bridgehead atoms. The van der Waals surface area contributed by atoms with E-state index in [4.69, 9.17) is 58.6 Å². The maximum Gasteiger partial charge on any atom is 0.228 e. The van der Waals surface area contributed by atoms with Crippen molar-refractivity contribution in [2.45, 2.75) is 30.2 Å². The van der Waals surface area contributed by atoms with E-state index in [1.807, 2.05) is 13.8 Å². The summed E-state index contributed by atoms with van der Waals surface area (Å²) in [6.45, 7) is 3.82. The van der Waals surface area contributed by atoms with E-state index in [9.17, 15) is 4.79 Å². The molecule has 1 rings (SSSR count). The van der Waals surface area contributed by atoms with E-state index in [1.165, 1.54) is 6.20 Å². The number of aromatic nitrogens is 1. The molecule has 128 valence electrons. The highest BCUT2D eigenvalue weighted by Crippen LogP contribution is 2.29. The number of thiocarbonyl (C=S) groups is 1. The van der Waals surface area contributed by atoms with E-state index in [0.29, 0.717) is 17.3 Å². The Labute approximate surface area is 160 Å². The van der Waals surface area contributed by atoms with E-state index in [-0.39, 0.29) is 16.9 Å². The van der Waals surface area contributed by atoms with Gasteiger partial charge in [0.15, 0.2) is 5.11 Å². The molecule has 0 fully saturated rings. The third-order valence-corrected chi connectivity index (χ3v) is 3.57. The average Bonchev–Trinajstić information content (AvgIpc) is 2.38. The molecule has 3 N–H and O–H groups in total. The fourth-order valence-corrected chi connectivity index (χ4v) is 2.19. The van der Waals surface area contributed by atoms with E-state index >= 15 is 0 Å². The third kappa shape index (κ3) is 8.22. The largest absolute Gasteiger partial charge is 0.339 e. The topological polar surface area (TPSA) is 66.1 Å². The minimum absolute atomic E-state index is 0.140. The Bertz CT molecular complexity index is 548. The van der Waals surface area contributed by atoms with Gasteiger partial charge in [-0.1, -0.05) is 60.3 Å². The summed E-state index contributed by atoms with van der Waals surface area (Å²) in [5.74, 6) is 0.383. The fraction of sp³-hybridized carbons (Fsp3) is 0.462. The summed E-state index contributed by atoms with van der Waals surface area (Å²) in [6, 6.07) is 3.29. The van der Waals surface area contributed by atoms with Gasteiger partial charge in [-0.3, -0.25) is 4.79 Å². The van der Waals surface area contributed by atoms with Gasteiger partial charge in [0.25, 0.3) is 0 Å². The van der Waals surface area contributed by atoms with Crippen LogP contribution in [0.25, 0.3) is 0 Å². The molecule has 1 heterocycles. The Balaban J connectivity index is 2.67. The Morgan fingerprint density at radius 2 is 1.96 bits per heavy atom. The first-order chi connectivity index (χ1) is 10.6. The van der Waals surface area contributed by atoms with Crippen LogP contribution in [0, 0.1) is 5.92 Å². The van der Waals surface area contributed by atoms with Gasteiger partial charge in [0.05, 0.1) is 5.02 Å². The summed E-state index contributed by atoms with van der Waals surface area (Å²) < 4.78 is -1.79. The van der Waals surface area contributed by atoms with Crippen molar-refractivity contribution in [1.82, 2.24) is 15.6 Å². The number of carbonyl (C=O) groups is 1. The maximum absolute atomic E-state index is 11.9. The van der Waals surface area contributed by atoms with E-state index in [0.717, 1.165) is 0 Å². The molecule has 10 heteroatoms. The summed E-state index contributed by atoms with van der Waals surface area (Å²) in [5, 5.41) is 8.79. The molecule has 5 nitrogen and oxygen atoms in total. The van der Waals surface area contributed by atoms with Crippen LogP contribution in [0.3, 0.4) is 0 Å². The second-order valence-electron chi connectivity index (χ2n) is 5.10. The van der Waals surface area contributed by atoms with E-state index < -0.39 is 9.96 Å². The molecule has 1 aromatic rings. The lowest BCUT2D eigenvalue weighted by molar-refractivity contribution is -0.122. The third-order valence-electron chi connectivity index (χ3n) is 2.47. The maximum atomic E-state index is 11.9. The molecule has 0 aromatic carbocycles. The highest BCUT2D eigenvalue weighted by molar-refractivity contribution is 7.80. The Kier molecular flexibility index (Phi) is 8.10. The number of alkyl halides is 3. The minimum Gasteiger partial charge on any atom is -0.339 e. The van der Waals surface area contributed by atoms with Crippen LogP contribution in [-0.2, 0) is 4.79 Å². The smallest absolute Gasteiger partial charge is 0.228 e. The van der Waals surface area contributed by atoms with Crippen molar-refractivity contribution >= 4 is 75.5 Å². The number of hydrogen-bond acceptors (Lipinski definition) is 3. The van der Waals surface area contributed by atoms with Crippen molar-refractivity contribution in [2.75, 3.05) is 5.32 Å². The lowest BCUT2D eigenvalue weighted by atomic mass is 10.1. The van der Waals surface area contributed by atoms with Crippen LogP contribution < -0.4 is 16.0 Å². The number of anilines is 1. The summed E-state index contributed by atoms with van der Waals surface area (Å²) in [6.07, 6.45) is 0.771. The summed E-state index contributed by atoms with van der Waals surface area (Å²) in [7, 11) is 0. The lowest BCUT2D eigenvalue weighted by Crippen LogP contribution is -2.56. The highest BCUT2D eigenvalue weighted by atomic mass is 35.6. The van der Waals surface area contributed by atoms with Crippen molar-refractivity contribution in [3.63, 3.8) is 0 Å². The summed E-state index contributed by atoms with van der Waals surface area (Å²) in [4.78, 5) is 15.9. The highest BCUT2D eigenvalue weighted by Gasteiger charge is 2.34. The van der Waals surface area contributed by atoms with Crippen molar-refractivity contribution in [1.29, 1.82) is 0 Å². The monoisotopic (exact) mass is 416 g/mol. The lowest BCUT2D eigenvalue weighted by Gasteiger charge is -2.28. The Hall–Kier alpha value is -0.530. The van der Waals surface area contributed by atoms with Gasteiger partial charge >= 0.3 is 0 Å². The standard InChI is InChI=1S/C13H16Cl4N4OS/c1-7(2)5-10(22)20-11(13(15,16)17)21-12(23)19-9-4-3-8(14)6-18-9/h3-4,6-7,11H,5H2,1-2H3,(H,20,22)(H2,18,19,21,23)/t11-/m1/s1. The zero-order chi connectivity index (χ0) is 17.6. The SMILES string of the molecule is CC(C)CC(=O)N[C@H](NC(=S)Nc1ccc(Cl)cn1)C(Cl)(Cl)Cl. The number of amides is 1. The first-order valence-electron chi connectivity index (χ1n) is 6.63. The first kappa shape index (κ1) is 20.5. The van der Waals surface area contributed by atoms with Gasteiger partial charge in [-0.15, -0.1) is 0 Å². The number of hydrogen-bond donors (Lipinski definition) is 3. The van der Waals surface area contributed by atoms with Gasteiger partial charge in [-0.2, -0.15) is 0 Å². The van der Waals surface area contributed by atoms with E-state index in [2.05, 4.69) is 20.9 Å². The summed E-state index contributed by atoms with van der Waals surface area (Å²) >= 11 is 28.5. The molecular formula is C13H16Cl4N4OS. The van der Waals surface area contributed by atoms with Crippen LogP contribution in [0.5, 0.6) is 0 Å². The van der Waals surface area contributed by atoms with Crippen LogP contribution in [0.2, 0.25) is 5.02 Å². The van der Waals surface area contributed by atoms with Crippen LogP contribution in [0.15, 0.2) is 18.3 Å². The Morgan fingerprint density at radius 1 is 1.30 bits per heavy atom. The molecule has 0 saturated carbocycles. The molecule has 0 aliphatic heterocycles. The van der Waals surface area contributed by atoms with Crippen molar-refractivity contribution in [3.8, 4) is 0 Å². The summed E-state index contributed by atoms with van der Waals surface area (Å²) in [5.41, 5.74) is 0. The van der Waals surface area contributed by atoms with Gasteiger partial charge in [-0.05, 0) is 30.3 Å². The minimum atomic E-state index is -1.79. The molecule has 23 heavy (non-hydrogen) atoms. The van der Waals surface area contributed by atoms with Crippen LogP contribution in [-0.4, -0.2) is 26.0 Å². The second kappa shape index (κ2) is 9.08. The zero-order valence-corrected chi connectivity index (χ0v) is 16.2. The van der Waals surface area contributed by atoms with Crippen LogP contribution in [0.4, 0.5) is 5.82 Å². The van der Waals surface area contributed by atoms with E-state index in [1.54, 1.807) is 12.1 Å². The van der Waals surface area contributed by atoms with Crippen molar-refractivity contribution in [3.05, 3.63) is 23.4 Å². The molecule has 0 spiro atoms. The van der Waals surface area contributed by atoms with Crippen LogP contribution >= 0.6 is 58.6 Å². The molecule has 0 aliphatic rings. The molecule has 0 unspecified atom stereocenters. The number of pyridine rings is 1. The normalized spacial score (nSPS) is 12.7. The average molecular weight is 418 g/mol. The molecule has 1 atom stereocenters. The predicted molar refractivity (Wildman–Crippen MR) is 100 cm³/mol. The van der Waals surface area contributed by atoms with Gasteiger partial charge in [0.2, 0.25) is 9.70 Å². The number of halogens is 4. The fourth-order valence-electron chi connectivity index (χ4n) is 1.52. The molecule has 1 amide bonds. The number of nitrogens with one attached hydrogen (secondary N) is 3. The van der Waals surface area contributed by atoms with Gasteiger partial charge in [0, 0.05) is 12.6 Å². The van der Waals surface area contributed by atoms with Crippen LogP contribution in [0.1, 0.15) is 20.3 Å². The van der Waals surface area contributed by atoms with Crippen molar-refractivity contribution < 1.29 is 4.79 Å². The number of nitrogens with zero attached hydrogens (tertiary/aromatic N) is 1. The zero-order valence-electron chi connectivity index (χ0n) is 12.4. The molecule has 1 aromatic heterocycles. The van der Waals surface area contributed by atoms with Gasteiger partial charge in [-0.25, -0.2) is 4.98 Å². The molecule has 0 aliphatic carbocycles. The molecule has 0 saturated heterocycles. The van der Waals surface area contributed by atoms with Gasteiger partial charge in [0.1, 0.15) is 12.0 Å². The second-order valence-corrected chi connectivity index (χ2v) is 8.31. The Morgan fingerprint density at radius 3 is 2.43 bits per heavy atom. The quantitative estimate of drug-likeness (QED) is 0.385. The predicted octanol–water partition coefficient (Wildman–Crippen LogP) is 3.88. The van der Waals surface area contributed by atoms with Gasteiger partial charge < -0.3 is 16.0 Å². The number of rotatable bonds is 5. The molecular weight excluding hydrogens is 402 g/mol. The molecule has 0 radical (unpaired) electrons. The number of carbonyl (C=O) groups excluding carboxylic acids is 1. The first-order valence-corrected chi connectivity index (χ1v) is 8.55. The van der Waals surface area contributed by atoms with Crippen molar-refractivity contribution in [2.24, 2.45) is 5.92 Å².